The summed E-state index contributed by atoms with van der Waals surface area (Å²) in [7, 11) is 1.49. The van der Waals surface area contributed by atoms with Crippen LogP contribution in [0.25, 0.3) is 11.3 Å². The summed E-state index contributed by atoms with van der Waals surface area (Å²) in [5.74, 6) is 0.904. The molecule has 2 N–H and O–H groups in total. The van der Waals surface area contributed by atoms with E-state index in [4.69, 9.17) is 4.52 Å². The van der Waals surface area contributed by atoms with Crippen LogP contribution in [0.3, 0.4) is 0 Å². The molecule has 0 fully saturated rings. The predicted molar refractivity (Wildman–Crippen MR) is 80.8 cm³/mol. The molecule has 0 radical (unpaired) electrons. The average Bonchev–Trinajstić information content (AvgIpc) is 2.99. The Labute approximate surface area is 131 Å². The van der Waals surface area contributed by atoms with Gasteiger partial charge < -0.3 is 15.2 Å². The highest BCUT2D eigenvalue weighted by Gasteiger charge is 2.26. The van der Waals surface area contributed by atoms with Gasteiger partial charge in [0.05, 0.1) is 13.0 Å². The lowest BCUT2D eigenvalue weighted by molar-refractivity contribution is -0.132. The van der Waals surface area contributed by atoms with Crippen molar-refractivity contribution in [2.75, 3.05) is 13.6 Å². The fourth-order valence-corrected chi connectivity index (χ4v) is 1.85. The van der Waals surface area contributed by atoms with Crippen LogP contribution in [-0.2, 0) is 6.54 Å². The van der Waals surface area contributed by atoms with E-state index in [0.29, 0.717) is 18.0 Å². The predicted octanol–water partition coefficient (Wildman–Crippen LogP) is 2.96. The van der Waals surface area contributed by atoms with Crippen LogP contribution in [0.4, 0.5) is 13.2 Å². The molecular weight excluding hydrogens is 309 g/mol. The molecule has 1 heterocycles. The van der Waals surface area contributed by atoms with Gasteiger partial charge in [0.15, 0.2) is 11.7 Å². The molecule has 2 rings (SSSR count). The first-order valence-electron chi connectivity index (χ1n) is 7.00. The lowest BCUT2D eigenvalue weighted by Gasteiger charge is -2.11. The number of hydrogen-bond acceptors (Lipinski definition) is 3. The normalized spacial score (nSPS) is 12.3. The summed E-state index contributed by atoms with van der Waals surface area (Å²) in [6.07, 6.45) is -5.11. The molecule has 0 saturated carbocycles. The Kier molecular flexibility index (Phi) is 5.61. The molecule has 23 heavy (non-hydrogen) atoms. The molecule has 8 heteroatoms. The molecule has 0 aliphatic carbocycles. The Hall–Kier alpha value is -2.51. The minimum absolute atomic E-state index is 0.239. The van der Waals surface area contributed by atoms with E-state index < -0.39 is 12.6 Å². The fourth-order valence-electron chi connectivity index (χ4n) is 1.85. The first-order chi connectivity index (χ1) is 11.0. The van der Waals surface area contributed by atoms with Gasteiger partial charge in [0.2, 0.25) is 0 Å². The quantitative estimate of drug-likeness (QED) is 0.655. The molecule has 0 aliphatic rings. The van der Waals surface area contributed by atoms with E-state index in [1.807, 2.05) is 30.3 Å². The number of aromatic nitrogens is 1. The maximum Gasteiger partial charge on any atom is 0.390 e. The second-order valence-corrected chi connectivity index (χ2v) is 4.77. The van der Waals surface area contributed by atoms with Gasteiger partial charge in [-0.3, -0.25) is 4.99 Å². The van der Waals surface area contributed by atoms with E-state index in [1.165, 1.54) is 7.05 Å². The fraction of sp³-hybridized carbons (Fsp3) is 0.333. The van der Waals surface area contributed by atoms with Crippen LogP contribution in [0, 0.1) is 0 Å². The van der Waals surface area contributed by atoms with Gasteiger partial charge >= 0.3 is 6.18 Å². The van der Waals surface area contributed by atoms with E-state index in [-0.39, 0.29) is 12.5 Å². The molecule has 0 saturated heterocycles. The minimum Gasteiger partial charge on any atom is -0.356 e. The molecular formula is C15H17F3N4O. The van der Waals surface area contributed by atoms with Crippen molar-refractivity contribution in [3.8, 4) is 11.3 Å². The van der Waals surface area contributed by atoms with Crippen LogP contribution in [0.15, 0.2) is 45.9 Å². The third kappa shape index (κ3) is 5.65. The van der Waals surface area contributed by atoms with Crippen LogP contribution in [0.5, 0.6) is 0 Å². The summed E-state index contributed by atoms with van der Waals surface area (Å²) in [6.45, 7) is 0.0548. The second kappa shape index (κ2) is 7.66. The number of aliphatic imine (C=N–C) groups is 1. The smallest absolute Gasteiger partial charge is 0.356 e. The van der Waals surface area contributed by atoms with Crippen molar-refractivity contribution in [3.05, 3.63) is 42.1 Å². The van der Waals surface area contributed by atoms with Gasteiger partial charge in [-0.2, -0.15) is 13.2 Å². The molecule has 0 spiro atoms. The highest BCUT2D eigenvalue weighted by atomic mass is 19.4. The summed E-state index contributed by atoms with van der Waals surface area (Å²) in [4.78, 5) is 3.86. The highest BCUT2D eigenvalue weighted by Crippen LogP contribution is 2.19. The summed E-state index contributed by atoms with van der Waals surface area (Å²) in [5, 5.41) is 9.40. The van der Waals surface area contributed by atoms with Crippen LogP contribution >= 0.6 is 0 Å². The van der Waals surface area contributed by atoms with Crippen LogP contribution in [0.2, 0.25) is 0 Å². The zero-order valence-corrected chi connectivity index (χ0v) is 12.5. The summed E-state index contributed by atoms with van der Waals surface area (Å²) in [6, 6.07) is 11.2. The van der Waals surface area contributed by atoms with E-state index in [0.717, 1.165) is 5.56 Å². The third-order valence-electron chi connectivity index (χ3n) is 2.98. The van der Waals surface area contributed by atoms with Gasteiger partial charge in [0, 0.05) is 25.2 Å². The number of benzene rings is 1. The zero-order chi connectivity index (χ0) is 16.7. The van der Waals surface area contributed by atoms with Crippen molar-refractivity contribution < 1.29 is 17.7 Å². The van der Waals surface area contributed by atoms with Crippen LogP contribution in [0.1, 0.15) is 12.1 Å². The molecule has 0 bridgehead atoms. The van der Waals surface area contributed by atoms with E-state index in [1.54, 1.807) is 6.07 Å². The topological polar surface area (TPSA) is 62.5 Å². The maximum absolute atomic E-state index is 12.1. The summed E-state index contributed by atoms with van der Waals surface area (Å²) in [5.41, 5.74) is 1.53. The standard InChI is InChI=1S/C15H17F3N4O/c1-19-14(20-8-7-15(16,17)18)21-10-12-9-13(23-22-12)11-5-3-2-4-6-11/h2-6,9H,7-8,10H2,1H3,(H2,19,20,21). The number of guanidine groups is 1. The number of alkyl halides is 3. The number of hydrogen-bond donors (Lipinski definition) is 2. The van der Waals surface area contributed by atoms with Gasteiger partial charge in [-0.25, -0.2) is 0 Å². The van der Waals surface area contributed by atoms with Crippen LogP contribution in [-0.4, -0.2) is 30.9 Å². The van der Waals surface area contributed by atoms with E-state index >= 15 is 0 Å². The second-order valence-electron chi connectivity index (χ2n) is 4.77. The molecule has 1 aromatic heterocycles. The van der Waals surface area contributed by atoms with Crippen LogP contribution < -0.4 is 10.6 Å². The molecule has 0 amide bonds. The molecule has 124 valence electrons. The Balaban J connectivity index is 1.84. The highest BCUT2D eigenvalue weighted by molar-refractivity contribution is 5.79. The molecule has 2 aromatic rings. The number of nitrogens with one attached hydrogen (secondary N) is 2. The van der Waals surface area contributed by atoms with Crippen molar-refractivity contribution in [3.63, 3.8) is 0 Å². The molecule has 1 aromatic carbocycles. The minimum atomic E-state index is -4.19. The summed E-state index contributed by atoms with van der Waals surface area (Å²) >= 11 is 0. The molecule has 5 nitrogen and oxygen atoms in total. The lowest BCUT2D eigenvalue weighted by atomic mass is 10.2. The number of rotatable bonds is 5. The van der Waals surface area contributed by atoms with E-state index in [2.05, 4.69) is 20.8 Å². The summed E-state index contributed by atoms with van der Waals surface area (Å²) < 4.78 is 41.5. The zero-order valence-electron chi connectivity index (χ0n) is 12.5. The third-order valence-corrected chi connectivity index (χ3v) is 2.98. The maximum atomic E-state index is 12.1. The monoisotopic (exact) mass is 326 g/mol. The number of nitrogens with zero attached hydrogens (tertiary/aromatic N) is 2. The largest absolute Gasteiger partial charge is 0.390 e. The van der Waals surface area contributed by atoms with Crippen molar-refractivity contribution in [1.82, 2.24) is 15.8 Å². The first-order valence-corrected chi connectivity index (χ1v) is 7.00. The number of halogens is 3. The van der Waals surface area contributed by atoms with Gasteiger partial charge in [-0.15, -0.1) is 0 Å². The Bertz CT molecular complexity index is 638. The molecule has 0 aliphatic heterocycles. The van der Waals surface area contributed by atoms with Crippen molar-refractivity contribution in [2.45, 2.75) is 19.1 Å². The van der Waals surface area contributed by atoms with Crippen molar-refractivity contribution in [2.24, 2.45) is 4.99 Å². The first kappa shape index (κ1) is 16.9. The molecule has 0 atom stereocenters. The average molecular weight is 326 g/mol. The molecule has 0 unspecified atom stereocenters. The van der Waals surface area contributed by atoms with Gasteiger partial charge in [-0.1, -0.05) is 35.5 Å². The van der Waals surface area contributed by atoms with Crippen molar-refractivity contribution in [1.29, 1.82) is 0 Å². The van der Waals surface area contributed by atoms with Gasteiger partial charge in [0.25, 0.3) is 0 Å². The lowest BCUT2D eigenvalue weighted by Crippen LogP contribution is -2.38. The Morgan fingerprint density at radius 2 is 1.96 bits per heavy atom. The van der Waals surface area contributed by atoms with E-state index in [9.17, 15) is 13.2 Å². The van der Waals surface area contributed by atoms with Gasteiger partial charge in [0.1, 0.15) is 5.69 Å². The Morgan fingerprint density at radius 3 is 2.61 bits per heavy atom. The van der Waals surface area contributed by atoms with Crippen molar-refractivity contribution >= 4 is 5.96 Å². The SMILES string of the molecule is CN=C(NCCC(F)(F)F)NCc1cc(-c2ccccc2)on1. The van der Waals surface area contributed by atoms with Gasteiger partial charge in [-0.05, 0) is 0 Å². The Morgan fingerprint density at radius 1 is 1.22 bits per heavy atom.